The van der Waals surface area contributed by atoms with Gasteiger partial charge in [-0.15, -0.1) is 11.3 Å². The quantitative estimate of drug-likeness (QED) is 0.813. The molecule has 0 spiro atoms. The Balaban J connectivity index is 2.68. The van der Waals surface area contributed by atoms with E-state index in [1.54, 1.807) is 0 Å². The van der Waals surface area contributed by atoms with Crippen LogP contribution in [-0.2, 0) is 14.8 Å². The van der Waals surface area contributed by atoms with Crippen molar-refractivity contribution < 1.29 is 31.1 Å². The van der Waals surface area contributed by atoms with Crippen molar-refractivity contribution in [3.63, 3.8) is 0 Å². The number of carbonyl (C=O) groups excluding carboxylic acids is 1. The number of thiophene rings is 1. The third kappa shape index (κ3) is 5.37. The summed E-state index contributed by atoms with van der Waals surface area (Å²) in [5.41, 5.74) is 0.00820. The zero-order valence-electron chi connectivity index (χ0n) is 10.4. The Morgan fingerprint density at radius 3 is 2.65 bits per heavy atom. The summed E-state index contributed by atoms with van der Waals surface area (Å²) in [5.74, 6) is -1.39. The molecule has 0 radical (unpaired) electrons. The van der Waals surface area contributed by atoms with Gasteiger partial charge >= 0.3 is 12.1 Å². The van der Waals surface area contributed by atoms with Gasteiger partial charge in [-0.3, -0.25) is 4.72 Å². The second kappa shape index (κ2) is 6.44. The van der Waals surface area contributed by atoms with Gasteiger partial charge in [-0.25, -0.2) is 13.2 Å². The standard InChI is InChI=1S/C10H12F3NO4S2/c1-18-9(15)8-7(3-5-19-8)14-20(16,17)6-2-4-10(11,12)13/h3,5,14H,2,4,6H2,1H3. The molecule has 1 aromatic heterocycles. The fourth-order valence-corrected chi connectivity index (χ4v) is 3.28. The van der Waals surface area contributed by atoms with E-state index in [9.17, 15) is 26.4 Å². The van der Waals surface area contributed by atoms with E-state index in [1.165, 1.54) is 11.4 Å². The average molecular weight is 331 g/mol. The monoisotopic (exact) mass is 331 g/mol. The number of rotatable bonds is 6. The molecule has 10 heteroatoms. The first kappa shape index (κ1) is 16.8. The molecule has 1 rings (SSSR count). The van der Waals surface area contributed by atoms with Crippen molar-refractivity contribution in [1.29, 1.82) is 0 Å². The van der Waals surface area contributed by atoms with Crippen LogP contribution in [0.4, 0.5) is 18.9 Å². The van der Waals surface area contributed by atoms with Crippen LogP contribution in [0.25, 0.3) is 0 Å². The molecule has 0 amide bonds. The maximum atomic E-state index is 11.9. The molecular formula is C10H12F3NO4S2. The lowest BCUT2D eigenvalue weighted by molar-refractivity contribution is -0.134. The molecule has 114 valence electrons. The molecule has 1 heterocycles. The minimum absolute atomic E-state index is 0.00820. The molecule has 0 aromatic carbocycles. The lowest BCUT2D eigenvalue weighted by Crippen LogP contribution is -2.19. The van der Waals surface area contributed by atoms with Crippen molar-refractivity contribution in [2.75, 3.05) is 17.6 Å². The van der Waals surface area contributed by atoms with Crippen LogP contribution in [0.2, 0.25) is 0 Å². The minimum atomic E-state index is -4.39. The topological polar surface area (TPSA) is 72.5 Å². The van der Waals surface area contributed by atoms with Crippen molar-refractivity contribution in [3.05, 3.63) is 16.3 Å². The molecule has 0 aliphatic heterocycles. The third-order valence-corrected chi connectivity index (χ3v) is 4.43. The zero-order valence-corrected chi connectivity index (χ0v) is 12.0. The number of hydrogen-bond donors (Lipinski definition) is 1. The number of halogens is 3. The van der Waals surface area contributed by atoms with Gasteiger partial charge in [0.15, 0.2) is 0 Å². The van der Waals surface area contributed by atoms with Gasteiger partial charge in [-0.2, -0.15) is 13.2 Å². The molecule has 0 atom stereocenters. The van der Waals surface area contributed by atoms with Crippen LogP contribution in [0, 0.1) is 0 Å². The van der Waals surface area contributed by atoms with Crippen LogP contribution in [-0.4, -0.2) is 33.4 Å². The second-order valence-electron chi connectivity index (χ2n) is 3.79. The molecule has 0 fully saturated rings. The number of sulfonamides is 1. The summed E-state index contributed by atoms with van der Waals surface area (Å²) in [6.45, 7) is 0. The summed E-state index contributed by atoms with van der Waals surface area (Å²) in [4.78, 5) is 11.4. The predicted molar refractivity (Wildman–Crippen MR) is 68.4 cm³/mol. The van der Waals surface area contributed by atoms with Gasteiger partial charge in [0.2, 0.25) is 10.0 Å². The smallest absolute Gasteiger partial charge is 0.389 e. The molecule has 0 bridgehead atoms. The van der Waals surface area contributed by atoms with E-state index in [-0.39, 0.29) is 10.6 Å². The highest BCUT2D eigenvalue weighted by molar-refractivity contribution is 7.92. The summed E-state index contributed by atoms with van der Waals surface area (Å²) < 4.78 is 65.6. The minimum Gasteiger partial charge on any atom is -0.465 e. The van der Waals surface area contributed by atoms with Crippen LogP contribution >= 0.6 is 11.3 Å². The Kier molecular flexibility index (Phi) is 5.40. The molecular weight excluding hydrogens is 319 g/mol. The lowest BCUT2D eigenvalue weighted by atomic mass is 10.3. The maximum Gasteiger partial charge on any atom is 0.389 e. The SMILES string of the molecule is COC(=O)c1sccc1NS(=O)(=O)CCCC(F)(F)F. The van der Waals surface area contributed by atoms with Crippen LogP contribution in [0.15, 0.2) is 11.4 Å². The van der Waals surface area contributed by atoms with E-state index in [4.69, 9.17) is 0 Å². The second-order valence-corrected chi connectivity index (χ2v) is 6.55. The predicted octanol–water partition coefficient (Wildman–Crippen LogP) is 2.62. The number of methoxy groups -OCH3 is 1. The van der Waals surface area contributed by atoms with Gasteiger partial charge in [-0.1, -0.05) is 0 Å². The first-order chi connectivity index (χ1) is 9.14. The van der Waals surface area contributed by atoms with Crippen LogP contribution in [0.1, 0.15) is 22.5 Å². The van der Waals surface area contributed by atoms with Crippen molar-refractivity contribution in [1.82, 2.24) is 0 Å². The number of alkyl halides is 3. The van der Waals surface area contributed by atoms with Gasteiger partial charge in [0.25, 0.3) is 0 Å². The van der Waals surface area contributed by atoms with Crippen LogP contribution in [0.5, 0.6) is 0 Å². The maximum absolute atomic E-state index is 11.9. The van der Waals surface area contributed by atoms with E-state index < -0.39 is 40.8 Å². The highest BCUT2D eigenvalue weighted by atomic mass is 32.2. The zero-order chi connectivity index (χ0) is 15.4. The Hall–Kier alpha value is -1.29. The third-order valence-electron chi connectivity index (χ3n) is 2.17. The first-order valence-corrected chi connectivity index (χ1v) is 7.91. The van der Waals surface area contributed by atoms with E-state index in [2.05, 4.69) is 9.46 Å². The van der Waals surface area contributed by atoms with Gasteiger partial charge < -0.3 is 4.74 Å². The summed E-state index contributed by atoms with van der Waals surface area (Å²) in [6, 6.07) is 1.35. The number of hydrogen-bond acceptors (Lipinski definition) is 5. The Morgan fingerprint density at radius 2 is 2.10 bits per heavy atom. The molecule has 0 aliphatic carbocycles. The van der Waals surface area contributed by atoms with Gasteiger partial charge in [0.05, 0.1) is 18.6 Å². The largest absolute Gasteiger partial charge is 0.465 e. The van der Waals surface area contributed by atoms with E-state index in [0.29, 0.717) is 0 Å². The van der Waals surface area contributed by atoms with Crippen molar-refractivity contribution in [2.45, 2.75) is 19.0 Å². The number of esters is 1. The number of nitrogens with one attached hydrogen (secondary N) is 1. The number of anilines is 1. The summed E-state index contributed by atoms with van der Waals surface area (Å²) in [7, 11) is -2.80. The molecule has 0 saturated carbocycles. The lowest BCUT2D eigenvalue weighted by Gasteiger charge is -2.09. The Bertz CT molecular complexity index is 565. The number of carbonyl (C=O) groups is 1. The molecule has 0 aliphatic rings. The Morgan fingerprint density at radius 1 is 1.45 bits per heavy atom. The van der Waals surface area contributed by atoms with Crippen molar-refractivity contribution >= 4 is 33.0 Å². The summed E-state index contributed by atoms with van der Waals surface area (Å²) in [5, 5.41) is 1.47. The fraction of sp³-hybridized carbons (Fsp3) is 0.500. The fourth-order valence-electron chi connectivity index (χ4n) is 1.32. The molecule has 1 N–H and O–H groups in total. The summed E-state index contributed by atoms with van der Waals surface area (Å²) in [6.07, 6.45) is -6.12. The van der Waals surface area contributed by atoms with Crippen molar-refractivity contribution in [3.8, 4) is 0 Å². The molecule has 20 heavy (non-hydrogen) atoms. The van der Waals surface area contributed by atoms with E-state index in [0.717, 1.165) is 18.4 Å². The molecule has 1 aromatic rings. The summed E-state index contributed by atoms with van der Waals surface area (Å²) >= 11 is 0.970. The Labute approximate surface area is 117 Å². The van der Waals surface area contributed by atoms with Gasteiger partial charge in [0.1, 0.15) is 4.88 Å². The molecule has 0 unspecified atom stereocenters. The van der Waals surface area contributed by atoms with E-state index >= 15 is 0 Å². The van der Waals surface area contributed by atoms with Gasteiger partial charge in [-0.05, 0) is 17.9 Å². The highest BCUT2D eigenvalue weighted by Crippen LogP contribution is 2.25. The van der Waals surface area contributed by atoms with Crippen LogP contribution in [0.3, 0.4) is 0 Å². The number of ether oxygens (including phenoxy) is 1. The highest BCUT2D eigenvalue weighted by Gasteiger charge is 2.27. The molecule has 0 saturated heterocycles. The molecule has 5 nitrogen and oxygen atoms in total. The average Bonchev–Trinajstić information content (AvgIpc) is 2.73. The normalized spacial score (nSPS) is 12.2. The van der Waals surface area contributed by atoms with Crippen molar-refractivity contribution in [2.24, 2.45) is 0 Å². The van der Waals surface area contributed by atoms with Gasteiger partial charge in [0, 0.05) is 6.42 Å². The van der Waals surface area contributed by atoms with Crippen LogP contribution < -0.4 is 4.72 Å². The first-order valence-electron chi connectivity index (χ1n) is 5.37. The van der Waals surface area contributed by atoms with E-state index in [1.807, 2.05) is 0 Å².